The van der Waals surface area contributed by atoms with Crippen LogP contribution < -0.4 is 5.32 Å². The molecule has 7 nitrogen and oxygen atoms in total. The fourth-order valence-electron chi connectivity index (χ4n) is 2.67. The van der Waals surface area contributed by atoms with E-state index in [1.807, 2.05) is 0 Å². The number of para-hydroxylation sites is 1. The highest BCUT2D eigenvalue weighted by Crippen LogP contribution is 2.37. The lowest BCUT2D eigenvalue weighted by molar-refractivity contribution is -0.137. The van der Waals surface area contributed by atoms with Crippen LogP contribution in [0.3, 0.4) is 0 Å². The van der Waals surface area contributed by atoms with Crippen LogP contribution in [0.1, 0.15) is 32.1 Å². The molecule has 1 N–H and O–H groups in total. The van der Waals surface area contributed by atoms with E-state index in [0.717, 1.165) is 4.80 Å². The summed E-state index contributed by atoms with van der Waals surface area (Å²) in [5.41, 5.74) is -0.844. The lowest BCUT2D eigenvalue weighted by atomic mass is 10.1. The molecule has 162 valence electrons. The number of methoxy groups -OCH3 is 1. The number of aromatic nitrogens is 3. The summed E-state index contributed by atoms with van der Waals surface area (Å²) in [6.45, 7) is 1.47. The molecular weight excluding hydrogens is 460 g/mol. The van der Waals surface area contributed by atoms with Crippen molar-refractivity contribution >= 4 is 40.8 Å². The van der Waals surface area contributed by atoms with Gasteiger partial charge in [0.1, 0.15) is 5.69 Å². The van der Waals surface area contributed by atoms with Gasteiger partial charge in [-0.2, -0.15) is 18.3 Å². The summed E-state index contributed by atoms with van der Waals surface area (Å²) in [5, 5.41) is 9.88. The molecule has 0 atom stereocenters. The first-order valence-corrected chi connectivity index (χ1v) is 9.27. The molecule has 0 radical (unpaired) electrons. The Bertz CT molecular complexity index is 1160. The summed E-state index contributed by atoms with van der Waals surface area (Å²) < 4.78 is 43.5. The smallest absolute Gasteiger partial charge is 0.416 e. The van der Waals surface area contributed by atoms with Crippen LogP contribution in [-0.4, -0.2) is 34.0 Å². The number of hydrogen-bond acceptors (Lipinski definition) is 5. The van der Waals surface area contributed by atoms with E-state index in [2.05, 4.69) is 20.3 Å². The van der Waals surface area contributed by atoms with Crippen molar-refractivity contribution in [3.05, 3.63) is 69.0 Å². The minimum atomic E-state index is -4.64. The van der Waals surface area contributed by atoms with Gasteiger partial charge in [0.15, 0.2) is 5.69 Å². The summed E-state index contributed by atoms with van der Waals surface area (Å²) in [4.78, 5) is 25.4. The number of carbonyl (C=O) groups is 2. The zero-order chi connectivity index (χ0) is 22.9. The third-order valence-corrected chi connectivity index (χ3v) is 4.70. The first-order chi connectivity index (χ1) is 14.5. The van der Waals surface area contributed by atoms with Gasteiger partial charge in [-0.25, -0.2) is 4.79 Å². The highest BCUT2D eigenvalue weighted by atomic mass is 35.5. The van der Waals surface area contributed by atoms with Crippen LogP contribution in [0.25, 0.3) is 5.69 Å². The normalized spacial score (nSPS) is 11.3. The van der Waals surface area contributed by atoms with E-state index in [1.54, 1.807) is 12.1 Å². The minimum absolute atomic E-state index is 0.117. The maximum absolute atomic E-state index is 12.9. The summed E-state index contributed by atoms with van der Waals surface area (Å²) >= 11 is 12.0. The molecule has 3 rings (SSSR count). The van der Waals surface area contributed by atoms with Gasteiger partial charge in [0.2, 0.25) is 0 Å². The highest BCUT2D eigenvalue weighted by Gasteiger charge is 2.32. The molecular formula is C19H13Cl2F3N4O3. The quantitative estimate of drug-likeness (QED) is 0.543. The second-order valence-corrected chi connectivity index (χ2v) is 7.02. The average molecular weight is 473 g/mol. The predicted molar refractivity (Wildman–Crippen MR) is 107 cm³/mol. The number of amides is 1. The average Bonchev–Trinajstić information content (AvgIpc) is 3.07. The Labute approximate surface area is 183 Å². The molecule has 1 heterocycles. The second kappa shape index (κ2) is 8.56. The van der Waals surface area contributed by atoms with Crippen molar-refractivity contribution in [2.45, 2.75) is 13.1 Å². The zero-order valence-electron chi connectivity index (χ0n) is 15.9. The standard InChI is InChI=1S/C19H13Cl2F3N4O3/c1-9-15(17(29)25-14-6-4-3-5-11(14)18(30)31-2)27-28(26-9)16-12(20)7-10(8-13(16)21)19(22,23)24/h3-8H,1-2H3,(H,25,29). The van der Waals surface area contributed by atoms with Crippen LogP contribution in [-0.2, 0) is 10.9 Å². The molecule has 0 saturated heterocycles. The molecule has 0 unspecified atom stereocenters. The summed E-state index contributed by atoms with van der Waals surface area (Å²) in [6, 6.07) is 7.54. The van der Waals surface area contributed by atoms with E-state index in [4.69, 9.17) is 23.2 Å². The number of halogens is 5. The molecule has 1 aromatic heterocycles. The van der Waals surface area contributed by atoms with E-state index >= 15 is 0 Å². The maximum atomic E-state index is 12.9. The van der Waals surface area contributed by atoms with Crippen LogP contribution in [0.15, 0.2) is 36.4 Å². The topological polar surface area (TPSA) is 86.1 Å². The molecule has 3 aromatic rings. The van der Waals surface area contributed by atoms with E-state index in [9.17, 15) is 22.8 Å². The Balaban J connectivity index is 1.96. The highest BCUT2D eigenvalue weighted by molar-refractivity contribution is 6.37. The fraction of sp³-hybridized carbons (Fsp3) is 0.158. The summed E-state index contributed by atoms with van der Waals surface area (Å²) in [5.74, 6) is -1.36. The number of anilines is 1. The number of esters is 1. The van der Waals surface area contributed by atoms with Gasteiger partial charge in [0.05, 0.1) is 39.7 Å². The van der Waals surface area contributed by atoms with Crippen LogP contribution >= 0.6 is 23.2 Å². The van der Waals surface area contributed by atoms with Gasteiger partial charge in [-0.05, 0) is 31.2 Å². The molecule has 0 aliphatic carbocycles. The Hall–Kier alpha value is -3.11. The van der Waals surface area contributed by atoms with Crippen molar-refractivity contribution in [2.75, 3.05) is 12.4 Å². The van der Waals surface area contributed by atoms with Gasteiger partial charge >= 0.3 is 12.1 Å². The Morgan fingerprint density at radius 2 is 1.71 bits per heavy atom. The van der Waals surface area contributed by atoms with Gasteiger partial charge < -0.3 is 10.1 Å². The maximum Gasteiger partial charge on any atom is 0.416 e. The number of carbonyl (C=O) groups excluding carboxylic acids is 2. The van der Waals surface area contributed by atoms with Crippen molar-refractivity contribution in [3.8, 4) is 5.69 Å². The number of benzene rings is 2. The van der Waals surface area contributed by atoms with Crippen molar-refractivity contribution in [2.24, 2.45) is 0 Å². The number of nitrogens with zero attached hydrogens (tertiary/aromatic N) is 3. The fourth-order valence-corrected chi connectivity index (χ4v) is 3.31. The second-order valence-electron chi connectivity index (χ2n) is 6.20. The first-order valence-electron chi connectivity index (χ1n) is 8.52. The van der Waals surface area contributed by atoms with E-state index in [-0.39, 0.29) is 38.4 Å². The molecule has 0 aliphatic heterocycles. The molecule has 1 amide bonds. The molecule has 0 saturated carbocycles. The largest absolute Gasteiger partial charge is 0.465 e. The third kappa shape index (κ3) is 4.64. The Morgan fingerprint density at radius 3 is 2.29 bits per heavy atom. The minimum Gasteiger partial charge on any atom is -0.465 e. The lowest BCUT2D eigenvalue weighted by Crippen LogP contribution is -2.17. The third-order valence-electron chi connectivity index (χ3n) is 4.12. The van der Waals surface area contributed by atoms with Crippen LogP contribution in [0.2, 0.25) is 10.0 Å². The number of hydrogen-bond donors (Lipinski definition) is 1. The molecule has 0 spiro atoms. The van der Waals surface area contributed by atoms with Gasteiger partial charge in [-0.15, -0.1) is 9.90 Å². The first kappa shape index (κ1) is 22.6. The molecule has 31 heavy (non-hydrogen) atoms. The van der Waals surface area contributed by atoms with Gasteiger partial charge in [0, 0.05) is 0 Å². The molecule has 12 heteroatoms. The number of ether oxygens (including phenoxy) is 1. The predicted octanol–water partition coefficient (Wildman–Crippen LogP) is 4.94. The summed E-state index contributed by atoms with van der Waals surface area (Å²) in [7, 11) is 1.20. The van der Waals surface area contributed by atoms with Crippen molar-refractivity contribution in [3.63, 3.8) is 0 Å². The number of rotatable bonds is 4. The molecule has 0 fully saturated rings. The molecule has 0 bridgehead atoms. The van der Waals surface area contributed by atoms with Crippen LogP contribution in [0, 0.1) is 6.92 Å². The van der Waals surface area contributed by atoms with Crippen molar-refractivity contribution in [1.82, 2.24) is 15.0 Å². The van der Waals surface area contributed by atoms with Crippen molar-refractivity contribution < 1.29 is 27.5 Å². The Kier molecular flexibility index (Phi) is 6.23. The van der Waals surface area contributed by atoms with Crippen LogP contribution in [0.5, 0.6) is 0 Å². The number of alkyl halides is 3. The number of nitrogens with one attached hydrogen (secondary N) is 1. The van der Waals surface area contributed by atoms with E-state index < -0.39 is 23.6 Å². The van der Waals surface area contributed by atoms with Gasteiger partial charge in [-0.3, -0.25) is 4.79 Å². The van der Waals surface area contributed by atoms with Crippen molar-refractivity contribution in [1.29, 1.82) is 0 Å². The van der Waals surface area contributed by atoms with E-state index in [0.29, 0.717) is 12.1 Å². The van der Waals surface area contributed by atoms with Gasteiger partial charge in [-0.1, -0.05) is 35.3 Å². The SMILES string of the molecule is COC(=O)c1ccccc1NC(=O)c1nn(-c2c(Cl)cc(C(F)(F)F)cc2Cl)nc1C. The monoisotopic (exact) mass is 472 g/mol. The van der Waals surface area contributed by atoms with Crippen LogP contribution in [0.4, 0.5) is 18.9 Å². The lowest BCUT2D eigenvalue weighted by Gasteiger charge is -2.11. The number of aryl methyl sites for hydroxylation is 1. The van der Waals surface area contributed by atoms with E-state index in [1.165, 1.54) is 26.2 Å². The Morgan fingerprint density at radius 1 is 1.10 bits per heavy atom. The van der Waals surface area contributed by atoms with Gasteiger partial charge in [0.25, 0.3) is 5.91 Å². The zero-order valence-corrected chi connectivity index (χ0v) is 17.4. The summed E-state index contributed by atoms with van der Waals surface area (Å²) in [6.07, 6.45) is -4.64. The molecule has 2 aromatic carbocycles. The molecule has 0 aliphatic rings.